The van der Waals surface area contributed by atoms with Crippen LogP contribution in [-0.2, 0) is 4.79 Å². The topological polar surface area (TPSA) is 52.6 Å². The van der Waals surface area contributed by atoms with Crippen LogP contribution >= 0.6 is 0 Å². The van der Waals surface area contributed by atoms with Gasteiger partial charge < -0.3 is 15.3 Å². The molecule has 1 amide bonds. The molecule has 21 heavy (non-hydrogen) atoms. The van der Waals surface area contributed by atoms with Crippen LogP contribution in [0.1, 0.15) is 18.6 Å². The lowest BCUT2D eigenvalue weighted by Crippen LogP contribution is -2.36. The predicted octanol–water partition coefficient (Wildman–Crippen LogP) is 2.97. The number of amides is 1. The molecule has 2 aromatic carbocycles. The van der Waals surface area contributed by atoms with Crippen molar-refractivity contribution in [1.29, 1.82) is 0 Å². The second kappa shape index (κ2) is 5.18. The van der Waals surface area contributed by atoms with Gasteiger partial charge in [-0.25, -0.2) is 4.39 Å². The number of rotatable bonds is 2. The smallest absolute Gasteiger partial charge is 0.244 e. The first-order valence-electron chi connectivity index (χ1n) is 6.71. The predicted molar refractivity (Wildman–Crippen MR) is 79.1 cm³/mol. The molecular weight excluding hydrogens is 271 g/mol. The number of para-hydroxylation sites is 3. The average Bonchev–Trinajstić information content (AvgIpc) is 2.46. The largest absolute Gasteiger partial charge is 0.389 e. The summed E-state index contributed by atoms with van der Waals surface area (Å²) in [6.45, 7) is 1.59. The van der Waals surface area contributed by atoms with Crippen molar-refractivity contribution in [2.45, 2.75) is 13.0 Å². The van der Waals surface area contributed by atoms with E-state index in [1.54, 1.807) is 36.1 Å². The molecular formula is C16H15FN2O2. The quantitative estimate of drug-likeness (QED) is 0.892. The number of anilines is 3. The highest BCUT2D eigenvalue weighted by Crippen LogP contribution is 2.39. The highest BCUT2D eigenvalue weighted by Gasteiger charge is 2.27. The molecule has 1 heterocycles. The van der Waals surface area contributed by atoms with Crippen molar-refractivity contribution in [2.75, 3.05) is 16.8 Å². The fourth-order valence-corrected chi connectivity index (χ4v) is 2.59. The van der Waals surface area contributed by atoms with Crippen LogP contribution < -0.4 is 10.2 Å². The molecule has 2 aromatic rings. The summed E-state index contributed by atoms with van der Waals surface area (Å²) in [7, 11) is 0. The molecule has 1 aliphatic rings. The lowest BCUT2D eigenvalue weighted by molar-refractivity contribution is -0.115. The number of hydrogen-bond donors (Lipinski definition) is 2. The van der Waals surface area contributed by atoms with Crippen molar-refractivity contribution in [1.82, 2.24) is 0 Å². The molecule has 108 valence electrons. The molecule has 0 aliphatic carbocycles. The first-order chi connectivity index (χ1) is 10.1. The van der Waals surface area contributed by atoms with Crippen molar-refractivity contribution in [3.8, 4) is 0 Å². The maximum Gasteiger partial charge on any atom is 0.244 e. The lowest BCUT2D eigenvalue weighted by atomic mass is 10.0. The Balaban J connectivity index is 2.20. The first kappa shape index (κ1) is 13.6. The Hall–Kier alpha value is -2.40. The van der Waals surface area contributed by atoms with E-state index >= 15 is 0 Å². The minimum absolute atomic E-state index is 0.0116. The zero-order valence-electron chi connectivity index (χ0n) is 11.5. The molecule has 1 atom stereocenters. The number of hydrogen-bond acceptors (Lipinski definition) is 3. The van der Waals surface area contributed by atoms with Gasteiger partial charge in [0.05, 0.1) is 23.2 Å². The molecule has 0 saturated carbocycles. The molecule has 0 aromatic heterocycles. The Morgan fingerprint density at radius 1 is 1.24 bits per heavy atom. The van der Waals surface area contributed by atoms with Crippen LogP contribution in [0.5, 0.6) is 0 Å². The number of benzene rings is 2. The number of aliphatic hydroxyl groups excluding tert-OH is 1. The number of nitrogens with zero attached hydrogens (tertiary/aromatic N) is 1. The molecule has 1 aliphatic heterocycles. The maximum atomic E-state index is 14.3. The number of aliphatic hydroxyl groups is 1. The van der Waals surface area contributed by atoms with Gasteiger partial charge in [0.1, 0.15) is 12.4 Å². The number of carbonyl (C=O) groups is 1. The number of nitrogens with one attached hydrogen (secondary N) is 1. The SMILES string of the molecule is C[C@H](O)c1cccc(F)c1N1CC(=O)Nc2ccccc21. The van der Waals surface area contributed by atoms with Gasteiger partial charge in [0.15, 0.2) is 0 Å². The third kappa shape index (κ3) is 2.36. The van der Waals surface area contributed by atoms with Crippen LogP contribution in [0, 0.1) is 5.82 Å². The average molecular weight is 286 g/mol. The van der Waals surface area contributed by atoms with E-state index in [-0.39, 0.29) is 18.1 Å². The summed E-state index contributed by atoms with van der Waals surface area (Å²) in [6.07, 6.45) is -0.826. The van der Waals surface area contributed by atoms with Crippen LogP contribution in [-0.4, -0.2) is 17.6 Å². The van der Waals surface area contributed by atoms with E-state index in [1.807, 2.05) is 12.1 Å². The summed E-state index contributed by atoms with van der Waals surface area (Å²) in [6, 6.07) is 11.8. The third-order valence-electron chi connectivity index (χ3n) is 3.51. The van der Waals surface area contributed by atoms with Crippen LogP contribution in [0.4, 0.5) is 21.5 Å². The molecule has 2 N–H and O–H groups in total. The molecule has 0 bridgehead atoms. The molecule has 5 heteroatoms. The van der Waals surface area contributed by atoms with Gasteiger partial charge in [-0.15, -0.1) is 0 Å². The van der Waals surface area contributed by atoms with E-state index in [9.17, 15) is 14.3 Å². The summed E-state index contributed by atoms with van der Waals surface area (Å²) < 4.78 is 14.3. The van der Waals surface area contributed by atoms with Crippen LogP contribution in [0.3, 0.4) is 0 Å². The Kier molecular flexibility index (Phi) is 3.35. The van der Waals surface area contributed by atoms with E-state index in [2.05, 4.69) is 5.32 Å². The van der Waals surface area contributed by atoms with Gasteiger partial charge in [-0.2, -0.15) is 0 Å². The highest BCUT2D eigenvalue weighted by molar-refractivity contribution is 6.03. The van der Waals surface area contributed by atoms with Gasteiger partial charge in [-0.05, 0) is 25.1 Å². The zero-order chi connectivity index (χ0) is 15.0. The van der Waals surface area contributed by atoms with Crippen LogP contribution in [0.15, 0.2) is 42.5 Å². The fourth-order valence-electron chi connectivity index (χ4n) is 2.59. The van der Waals surface area contributed by atoms with Crippen LogP contribution in [0.2, 0.25) is 0 Å². The van der Waals surface area contributed by atoms with E-state index in [0.717, 1.165) is 0 Å². The van der Waals surface area contributed by atoms with Crippen molar-refractivity contribution < 1.29 is 14.3 Å². The summed E-state index contributed by atoms with van der Waals surface area (Å²) in [5.41, 5.74) is 2.05. The summed E-state index contributed by atoms with van der Waals surface area (Å²) in [4.78, 5) is 13.5. The molecule has 0 spiro atoms. The van der Waals surface area contributed by atoms with Crippen molar-refractivity contribution in [2.24, 2.45) is 0 Å². The van der Waals surface area contributed by atoms with Gasteiger partial charge in [-0.1, -0.05) is 24.3 Å². The minimum atomic E-state index is -0.826. The summed E-state index contributed by atoms with van der Waals surface area (Å²) >= 11 is 0. The number of halogens is 1. The van der Waals surface area contributed by atoms with E-state index in [0.29, 0.717) is 16.9 Å². The zero-order valence-corrected chi connectivity index (χ0v) is 11.5. The third-order valence-corrected chi connectivity index (χ3v) is 3.51. The van der Waals surface area contributed by atoms with Gasteiger partial charge in [0.25, 0.3) is 0 Å². The summed E-state index contributed by atoms with van der Waals surface area (Å²) in [5, 5.41) is 12.6. The normalized spacial score (nSPS) is 15.4. The van der Waals surface area contributed by atoms with Gasteiger partial charge in [0.2, 0.25) is 5.91 Å². The molecule has 4 nitrogen and oxygen atoms in total. The standard InChI is InChI=1S/C16H15FN2O2/c1-10(20)11-5-4-6-12(17)16(11)19-9-15(21)18-13-7-2-3-8-14(13)19/h2-8,10,20H,9H2,1H3,(H,18,21)/t10-/m0/s1. The van der Waals surface area contributed by atoms with E-state index < -0.39 is 11.9 Å². The lowest BCUT2D eigenvalue weighted by Gasteiger charge is -2.33. The van der Waals surface area contributed by atoms with Crippen molar-refractivity contribution in [3.63, 3.8) is 0 Å². The minimum Gasteiger partial charge on any atom is -0.389 e. The molecule has 0 unspecified atom stereocenters. The van der Waals surface area contributed by atoms with Gasteiger partial charge >= 0.3 is 0 Å². The fraction of sp³-hybridized carbons (Fsp3) is 0.188. The van der Waals surface area contributed by atoms with Gasteiger partial charge in [-0.3, -0.25) is 4.79 Å². The van der Waals surface area contributed by atoms with Crippen molar-refractivity contribution >= 4 is 23.0 Å². The van der Waals surface area contributed by atoms with E-state index in [4.69, 9.17) is 0 Å². The van der Waals surface area contributed by atoms with Gasteiger partial charge in [0, 0.05) is 5.56 Å². The molecule has 3 rings (SSSR count). The second-order valence-corrected chi connectivity index (χ2v) is 5.01. The Bertz CT molecular complexity index is 700. The first-order valence-corrected chi connectivity index (χ1v) is 6.71. The summed E-state index contributed by atoms with van der Waals surface area (Å²) in [5.74, 6) is -0.675. The highest BCUT2D eigenvalue weighted by atomic mass is 19.1. The number of carbonyl (C=O) groups excluding carboxylic acids is 1. The molecule has 0 saturated heterocycles. The Morgan fingerprint density at radius 2 is 2.00 bits per heavy atom. The molecule has 0 radical (unpaired) electrons. The Morgan fingerprint density at radius 3 is 2.76 bits per heavy atom. The van der Waals surface area contributed by atoms with Crippen LogP contribution in [0.25, 0.3) is 0 Å². The second-order valence-electron chi connectivity index (χ2n) is 5.01. The maximum absolute atomic E-state index is 14.3. The van der Waals surface area contributed by atoms with Crippen molar-refractivity contribution in [3.05, 3.63) is 53.8 Å². The number of fused-ring (bicyclic) bond motifs is 1. The van der Waals surface area contributed by atoms with E-state index in [1.165, 1.54) is 6.07 Å². The monoisotopic (exact) mass is 286 g/mol. The molecule has 0 fully saturated rings. The Labute approximate surface area is 121 Å².